The van der Waals surface area contributed by atoms with Crippen LogP contribution in [0.15, 0.2) is 53.4 Å². The number of methoxy groups -OCH3 is 1. The average molecular weight is 434 g/mol. The molecule has 7 heteroatoms. The highest BCUT2D eigenvalue weighted by atomic mass is 32.2. The van der Waals surface area contributed by atoms with Crippen molar-refractivity contribution >= 4 is 27.3 Å². The number of hydrogen-bond acceptors (Lipinski definition) is 4. The minimum Gasteiger partial charge on any atom is -0.501 e. The molecule has 1 N–H and O–H groups in total. The van der Waals surface area contributed by atoms with Crippen LogP contribution >= 0.6 is 12.2 Å². The maximum atomic E-state index is 13.3. The van der Waals surface area contributed by atoms with Crippen molar-refractivity contribution in [3.05, 3.63) is 59.7 Å². The van der Waals surface area contributed by atoms with Crippen molar-refractivity contribution in [1.29, 1.82) is 0 Å². The molecule has 2 aromatic rings. The lowest BCUT2D eigenvalue weighted by molar-refractivity contribution is 0.271. The number of thiocarbonyl (C=S) groups is 1. The number of aliphatic hydroxyl groups excluding tert-OH is 1. The highest BCUT2D eigenvalue weighted by Gasteiger charge is 2.50. The second-order valence-corrected chi connectivity index (χ2v) is 9.78. The predicted molar refractivity (Wildman–Crippen MR) is 118 cm³/mol. The highest BCUT2D eigenvalue weighted by Crippen LogP contribution is 2.39. The Kier molecular flexibility index (Phi) is 6.61. The normalized spacial score (nSPS) is 19.9. The van der Waals surface area contributed by atoms with E-state index < -0.39 is 15.6 Å². The summed E-state index contributed by atoms with van der Waals surface area (Å²) in [5, 5.41) is 10.2. The fourth-order valence-electron chi connectivity index (χ4n) is 3.99. The first kappa shape index (κ1) is 21.7. The Balaban J connectivity index is 1.80. The number of sulfonamides is 1. The van der Waals surface area contributed by atoms with Gasteiger partial charge >= 0.3 is 0 Å². The van der Waals surface area contributed by atoms with Crippen molar-refractivity contribution in [3.63, 3.8) is 0 Å². The summed E-state index contributed by atoms with van der Waals surface area (Å²) in [5.74, 6) is 0.799. The van der Waals surface area contributed by atoms with Gasteiger partial charge in [0, 0.05) is 6.54 Å². The van der Waals surface area contributed by atoms with Crippen LogP contribution in [-0.4, -0.2) is 42.1 Å². The summed E-state index contributed by atoms with van der Waals surface area (Å²) in [6.07, 6.45) is 3.18. The fourth-order valence-corrected chi connectivity index (χ4v) is 6.19. The number of benzene rings is 2. The van der Waals surface area contributed by atoms with Crippen LogP contribution in [0.2, 0.25) is 0 Å². The SMILES string of the molecule is COc1ccc(CCC[C@@]2(C(O)=S)CCCN2S(=O)(=O)c2ccc(C)cc2)cc1. The Morgan fingerprint density at radius 3 is 2.41 bits per heavy atom. The Hall–Kier alpha value is -1.96. The Labute approximate surface area is 178 Å². The van der Waals surface area contributed by atoms with Crippen LogP contribution in [0.5, 0.6) is 5.75 Å². The van der Waals surface area contributed by atoms with Crippen LogP contribution < -0.4 is 4.74 Å². The fraction of sp³-hybridized carbons (Fsp3) is 0.409. The quantitative estimate of drug-likeness (QED) is 0.624. The molecule has 0 unspecified atom stereocenters. The van der Waals surface area contributed by atoms with Gasteiger partial charge in [0.05, 0.1) is 12.0 Å². The first-order valence-corrected chi connectivity index (χ1v) is 11.6. The Morgan fingerprint density at radius 1 is 1.17 bits per heavy atom. The van der Waals surface area contributed by atoms with E-state index in [1.54, 1.807) is 31.4 Å². The maximum absolute atomic E-state index is 13.3. The van der Waals surface area contributed by atoms with Gasteiger partial charge in [-0.05, 0) is 81.1 Å². The molecule has 2 aromatic carbocycles. The minimum absolute atomic E-state index is 0.236. The number of nitrogens with zero attached hydrogens (tertiary/aromatic N) is 1. The zero-order chi connectivity index (χ0) is 21.1. The summed E-state index contributed by atoms with van der Waals surface area (Å²) in [5.41, 5.74) is 1.11. The van der Waals surface area contributed by atoms with E-state index in [2.05, 4.69) is 0 Å². The summed E-state index contributed by atoms with van der Waals surface area (Å²) in [7, 11) is -2.11. The van der Waals surface area contributed by atoms with E-state index in [-0.39, 0.29) is 9.95 Å². The topological polar surface area (TPSA) is 66.8 Å². The first-order valence-electron chi connectivity index (χ1n) is 9.75. The Morgan fingerprint density at radius 2 is 1.83 bits per heavy atom. The molecule has 1 heterocycles. The molecule has 0 amide bonds. The molecule has 156 valence electrons. The predicted octanol–water partition coefficient (Wildman–Crippen LogP) is 4.44. The third-order valence-corrected chi connectivity index (χ3v) is 8.01. The molecule has 29 heavy (non-hydrogen) atoms. The standard InChI is InChI=1S/C22H27NO4S2/c1-17-6-12-20(13-7-17)29(25,26)23-16-4-15-22(23,21(24)28)14-3-5-18-8-10-19(27-2)11-9-18/h6-13H,3-5,14-16H2,1-2H3,(H,24,28)/t22-/m0/s1. The smallest absolute Gasteiger partial charge is 0.244 e. The lowest BCUT2D eigenvalue weighted by atomic mass is 9.90. The number of aryl methyl sites for hydroxylation is 2. The van der Waals surface area contributed by atoms with Crippen LogP contribution in [-0.2, 0) is 16.4 Å². The number of aliphatic hydroxyl groups is 1. The molecule has 0 radical (unpaired) electrons. The van der Waals surface area contributed by atoms with Gasteiger partial charge in [-0.1, -0.05) is 29.8 Å². The van der Waals surface area contributed by atoms with Crippen LogP contribution in [0.4, 0.5) is 0 Å². The zero-order valence-electron chi connectivity index (χ0n) is 16.8. The van der Waals surface area contributed by atoms with Crippen molar-refractivity contribution in [2.75, 3.05) is 13.7 Å². The molecule has 1 atom stereocenters. The second-order valence-electron chi connectivity index (χ2n) is 7.53. The summed E-state index contributed by atoms with van der Waals surface area (Å²) in [6, 6.07) is 14.6. The largest absolute Gasteiger partial charge is 0.501 e. The molecular formula is C22H27NO4S2. The number of ether oxygens (including phenoxy) is 1. The van der Waals surface area contributed by atoms with Crippen LogP contribution in [0, 0.1) is 6.92 Å². The molecule has 1 aliphatic rings. The minimum atomic E-state index is -3.74. The molecule has 1 aliphatic heterocycles. The Bertz CT molecular complexity index is 955. The lowest BCUT2D eigenvalue weighted by Crippen LogP contribution is -2.52. The highest BCUT2D eigenvalue weighted by molar-refractivity contribution is 7.89. The van der Waals surface area contributed by atoms with Gasteiger partial charge in [0.25, 0.3) is 0 Å². The summed E-state index contributed by atoms with van der Waals surface area (Å²) < 4.78 is 33.2. The summed E-state index contributed by atoms with van der Waals surface area (Å²) in [4.78, 5) is 0.237. The van der Waals surface area contributed by atoms with E-state index in [9.17, 15) is 13.5 Å². The third-order valence-electron chi connectivity index (χ3n) is 5.65. The monoisotopic (exact) mass is 433 g/mol. The summed E-state index contributed by atoms with van der Waals surface area (Å²) in [6.45, 7) is 2.28. The van der Waals surface area contributed by atoms with E-state index >= 15 is 0 Å². The second kappa shape index (κ2) is 8.81. The first-order chi connectivity index (χ1) is 13.8. The molecule has 1 saturated heterocycles. The van der Waals surface area contributed by atoms with Crippen LogP contribution in [0.3, 0.4) is 0 Å². The molecule has 0 aliphatic carbocycles. The van der Waals surface area contributed by atoms with Gasteiger partial charge in [-0.15, -0.1) is 0 Å². The zero-order valence-corrected chi connectivity index (χ0v) is 18.4. The van der Waals surface area contributed by atoms with Crippen molar-refractivity contribution in [1.82, 2.24) is 4.31 Å². The van der Waals surface area contributed by atoms with Crippen molar-refractivity contribution in [2.45, 2.75) is 49.5 Å². The van der Waals surface area contributed by atoms with Gasteiger partial charge in [-0.3, -0.25) is 0 Å². The molecule has 0 saturated carbocycles. The van der Waals surface area contributed by atoms with Crippen LogP contribution in [0.1, 0.15) is 36.8 Å². The molecule has 0 bridgehead atoms. The average Bonchev–Trinajstić information content (AvgIpc) is 3.15. The van der Waals surface area contributed by atoms with Gasteiger partial charge in [-0.25, -0.2) is 8.42 Å². The van der Waals surface area contributed by atoms with Crippen molar-refractivity contribution in [3.8, 4) is 5.75 Å². The van der Waals surface area contributed by atoms with Crippen molar-refractivity contribution in [2.24, 2.45) is 0 Å². The van der Waals surface area contributed by atoms with E-state index in [4.69, 9.17) is 17.0 Å². The summed E-state index contributed by atoms with van der Waals surface area (Å²) >= 11 is 5.18. The van der Waals surface area contributed by atoms with Gasteiger partial charge in [0.1, 0.15) is 11.3 Å². The van der Waals surface area contributed by atoms with Gasteiger partial charge in [0.2, 0.25) is 10.0 Å². The van der Waals surface area contributed by atoms with E-state index in [0.717, 1.165) is 23.3 Å². The van der Waals surface area contributed by atoms with Crippen LogP contribution in [0.25, 0.3) is 0 Å². The van der Waals surface area contributed by atoms with Gasteiger partial charge in [-0.2, -0.15) is 4.31 Å². The van der Waals surface area contributed by atoms with E-state index in [0.29, 0.717) is 32.2 Å². The molecule has 0 aromatic heterocycles. The number of rotatable bonds is 8. The third kappa shape index (κ3) is 4.47. The van der Waals surface area contributed by atoms with Gasteiger partial charge in [0.15, 0.2) is 5.05 Å². The van der Waals surface area contributed by atoms with E-state index in [1.807, 2.05) is 31.2 Å². The maximum Gasteiger partial charge on any atom is 0.244 e. The molecule has 0 spiro atoms. The molecule has 1 fully saturated rings. The molecule has 3 rings (SSSR count). The van der Waals surface area contributed by atoms with Crippen molar-refractivity contribution < 1.29 is 18.3 Å². The molecule has 5 nitrogen and oxygen atoms in total. The van der Waals surface area contributed by atoms with Gasteiger partial charge < -0.3 is 9.84 Å². The number of hydrogen-bond donors (Lipinski definition) is 1. The lowest BCUT2D eigenvalue weighted by Gasteiger charge is -2.36. The molecular weight excluding hydrogens is 406 g/mol. The van der Waals surface area contributed by atoms with E-state index in [1.165, 1.54) is 4.31 Å².